The van der Waals surface area contributed by atoms with Crippen molar-refractivity contribution in [1.82, 2.24) is 4.90 Å². The van der Waals surface area contributed by atoms with Crippen LogP contribution in [0, 0.1) is 11.7 Å². The smallest absolute Gasteiger partial charge is 0.254 e. The van der Waals surface area contributed by atoms with Crippen LogP contribution >= 0.6 is 0 Å². The SMILES string of the molecule is CC(C)COc1ccc(C(=O)N(Cc2cccc(F)c2)Cc2ccco2)cc1. The van der Waals surface area contributed by atoms with Crippen LogP contribution in [0.25, 0.3) is 0 Å². The molecule has 0 saturated heterocycles. The van der Waals surface area contributed by atoms with E-state index in [1.54, 1.807) is 53.6 Å². The molecule has 0 radical (unpaired) electrons. The van der Waals surface area contributed by atoms with Crippen molar-refractivity contribution in [2.45, 2.75) is 26.9 Å². The van der Waals surface area contributed by atoms with Gasteiger partial charge in [0.25, 0.3) is 5.91 Å². The zero-order valence-electron chi connectivity index (χ0n) is 16.1. The number of hydrogen-bond donors (Lipinski definition) is 0. The number of rotatable bonds is 8. The van der Waals surface area contributed by atoms with Crippen LogP contribution in [0.4, 0.5) is 4.39 Å². The molecule has 0 spiro atoms. The first-order valence-corrected chi connectivity index (χ1v) is 9.30. The minimum Gasteiger partial charge on any atom is -0.493 e. The molecule has 1 heterocycles. The number of nitrogens with zero attached hydrogens (tertiary/aromatic N) is 1. The van der Waals surface area contributed by atoms with Gasteiger partial charge in [-0.2, -0.15) is 0 Å². The van der Waals surface area contributed by atoms with Crippen molar-refractivity contribution in [3.05, 3.63) is 89.6 Å². The van der Waals surface area contributed by atoms with E-state index in [0.29, 0.717) is 30.4 Å². The summed E-state index contributed by atoms with van der Waals surface area (Å²) < 4.78 is 24.6. The molecular weight excluding hydrogens is 357 g/mol. The van der Waals surface area contributed by atoms with Gasteiger partial charge in [-0.3, -0.25) is 4.79 Å². The predicted octanol–water partition coefficient (Wildman–Crippen LogP) is 5.30. The Labute approximate surface area is 164 Å². The zero-order valence-corrected chi connectivity index (χ0v) is 16.1. The van der Waals surface area contributed by atoms with E-state index in [0.717, 1.165) is 11.3 Å². The average Bonchev–Trinajstić information content (AvgIpc) is 3.19. The highest BCUT2D eigenvalue weighted by Gasteiger charge is 2.18. The average molecular weight is 381 g/mol. The second-order valence-corrected chi connectivity index (χ2v) is 7.10. The Balaban J connectivity index is 1.77. The van der Waals surface area contributed by atoms with Crippen LogP contribution in [0.2, 0.25) is 0 Å². The molecule has 1 amide bonds. The van der Waals surface area contributed by atoms with E-state index in [9.17, 15) is 9.18 Å². The van der Waals surface area contributed by atoms with Crippen molar-refractivity contribution >= 4 is 5.91 Å². The highest BCUT2D eigenvalue weighted by molar-refractivity contribution is 5.94. The van der Waals surface area contributed by atoms with Gasteiger partial charge in [-0.05, 0) is 60.0 Å². The lowest BCUT2D eigenvalue weighted by molar-refractivity contribution is 0.0717. The number of hydrogen-bond acceptors (Lipinski definition) is 3. The maximum absolute atomic E-state index is 13.6. The van der Waals surface area contributed by atoms with E-state index >= 15 is 0 Å². The molecular formula is C23H24FNO3. The molecule has 3 aromatic rings. The maximum atomic E-state index is 13.6. The van der Waals surface area contributed by atoms with Crippen LogP contribution in [0.5, 0.6) is 5.75 Å². The van der Waals surface area contributed by atoms with E-state index in [1.807, 2.05) is 6.07 Å². The summed E-state index contributed by atoms with van der Waals surface area (Å²) in [4.78, 5) is 14.7. The number of amides is 1. The van der Waals surface area contributed by atoms with Gasteiger partial charge in [-0.1, -0.05) is 26.0 Å². The molecule has 0 bridgehead atoms. The van der Waals surface area contributed by atoms with Gasteiger partial charge >= 0.3 is 0 Å². The third-order valence-corrected chi connectivity index (χ3v) is 4.16. The molecule has 4 nitrogen and oxygen atoms in total. The summed E-state index contributed by atoms with van der Waals surface area (Å²) >= 11 is 0. The molecule has 3 rings (SSSR count). The molecule has 0 atom stereocenters. The number of benzene rings is 2. The highest BCUT2D eigenvalue weighted by atomic mass is 19.1. The second-order valence-electron chi connectivity index (χ2n) is 7.10. The van der Waals surface area contributed by atoms with Gasteiger partial charge in [0.05, 0.1) is 19.4 Å². The molecule has 0 fully saturated rings. The number of furan rings is 1. The number of halogens is 1. The van der Waals surface area contributed by atoms with Crippen molar-refractivity contribution in [2.24, 2.45) is 5.92 Å². The van der Waals surface area contributed by atoms with Gasteiger partial charge in [0, 0.05) is 12.1 Å². The molecule has 146 valence electrons. The zero-order chi connectivity index (χ0) is 19.9. The monoisotopic (exact) mass is 381 g/mol. The minimum atomic E-state index is -0.324. The van der Waals surface area contributed by atoms with E-state index in [4.69, 9.17) is 9.15 Å². The second kappa shape index (κ2) is 9.22. The van der Waals surface area contributed by atoms with Crippen molar-refractivity contribution in [3.8, 4) is 5.75 Å². The number of carbonyl (C=O) groups excluding carboxylic acids is 1. The predicted molar refractivity (Wildman–Crippen MR) is 105 cm³/mol. The van der Waals surface area contributed by atoms with Gasteiger partial charge in [0.1, 0.15) is 17.3 Å². The van der Waals surface area contributed by atoms with Crippen LogP contribution in [-0.2, 0) is 13.1 Å². The lowest BCUT2D eigenvalue weighted by atomic mass is 10.1. The molecule has 5 heteroatoms. The normalized spacial score (nSPS) is 10.9. The summed E-state index contributed by atoms with van der Waals surface area (Å²) in [5.41, 5.74) is 1.26. The Bertz CT molecular complexity index is 888. The van der Waals surface area contributed by atoms with Crippen LogP contribution in [0.3, 0.4) is 0 Å². The molecule has 28 heavy (non-hydrogen) atoms. The Morgan fingerprint density at radius 2 is 1.86 bits per heavy atom. The van der Waals surface area contributed by atoms with E-state index < -0.39 is 0 Å². The third kappa shape index (κ3) is 5.46. The summed E-state index contributed by atoms with van der Waals surface area (Å²) in [5, 5.41) is 0. The van der Waals surface area contributed by atoms with Gasteiger partial charge in [-0.15, -0.1) is 0 Å². The first-order valence-electron chi connectivity index (χ1n) is 9.30. The fraction of sp³-hybridized carbons (Fsp3) is 0.261. The third-order valence-electron chi connectivity index (χ3n) is 4.16. The lowest BCUT2D eigenvalue weighted by Gasteiger charge is -2.22. The van der Waals surface area contributed by atoms with Crippen molar-refractivity contribution in [1.29, 1.82) is 0 Å². The first-order chi connectivity index (χ1) is 13.5. The highest BCUT2D eigenvalue weighted by Crippen LogP contribution is 2.18. The molecule has 0 N–H and O–H groups in total. The molecule has 0 saturated carbocycles. The Morgan fingerprint density at radius 3 is 2.50 bits per heavy atom. The summed E-state index contributed by atoms with van der Waals surface area (Å²) in [7, 11) is 0. The Hall–Kier alpha value is -3.08. The molecule has 0 unspecified atom stereocenters. The molecule has 0 aliphatic carbocycles. The van der Waals surface area contributed by atoms with E-state index in [-0.39, 0.29) is 18.3 Å². The maximum Gasteiger partial charge on any atom is 0.254 e. The Morgan fingerprint density at radius 1 is 1.07 bits per heavy atom. The first kappa shape index (κ1) is 19.7. The largest absolute Gasteiger partial charge is 0.493 e. The van der Waals surface area contributed by atoms with Gasteiger partial charge < -0.3 is 14.1 Å². The molecule has 0 aliphatic heterocycles. The summed E-state index contributed by atoms with van der Waals surface area (Å²) in [6, 6.07) is 16.9. The molecule has 1 aromatic heterocycles. The number of carbonyl (C=O) groups is 1. The molecule has 2 aromatic carbocycles. The quantitative estimate of drug-likeness (QED) is 0.532. The van der Waals surface area contributed by atoms with E-state index in [1.165, 1.54) is 12.1 Å². The number of ether oxygens (including phenoxy) is 1. The topological polar surface area (TPSA) is 42.7 Å². The van der Waals surface area contributed by atoms with Crippen molar-refractivity contribution in [2.75, 3.05) is 6.61 Å². The van der Waals surface area contributed by atoms with E-state index in [2.05, 4.69) is 13.8 Å². The summed E-state index contributed by atoms with van der Waals surface area (Å²) in [6.45, 7) is 5.36. The minimum absolute atomic E-state index is 0.156. The van der Waals surface area contributed by atoms with Crippen molar-refractivity contribution < 1.29 is 18.3 Å². The summed E-state index contributed by atoms with van der Waals surface area (Å²) in [5.74, 6) is 1.34. The molecule has 0 aliphatic rings. The van der Waals surface area contributed by atoms with Crippen LogP contribution in [0.15, 0.2) is 71.3 Å². The Kier molecular flexibility index (Phi) is 6.48. The van der Waals surface area contributed by atoms with Crippen LogP contribution in [-0.4, -0.2) is 17.4 Å². The fourth-order valence-corrected chi connectivity index (χ4v) is 2.79. The van der Waals surface area contributed by atoms with Crippen LogP contribution < -0.4 is 4.74 Å². The van der Waals surface area contributed by atoms with Gasteiger partial charge in [0.15, 0.2) is 0 Å². The van der Waals surface area contributed by atoms with Crippen LogP contribution in [0.1, 0.15) is 35.5 Å². The standard InChI is InChI=1S/C23H24FNO3/c1-17(2)16-28-21-10-8-19(9-11-21)23(26)25(15-22-7-4-12-27-22)14-18-5-3-6-20(24)13-18/h3-13,17H,14-16H2,1-2H3. The lowest BCUT2D eigenvalue weighted by Crippen LogP contribution is -2.30. The fourth-order valence-electron chi connectivity index (χ4n) is 2.79. The van der Waals surface area contributed by atoms with Gasteiger partial charge in [0.2, 0.25) is 0 Å². The van der Waals surface area contributed by atoms with Gasteiger partial charge in [-0.25, -0.2) is 4.39 Å². The summed E-state index contributed by atoms with van der Waals surface area (Å²) in [6.07, 6.45) is 1.57. The van der Waals surface area contributed by atoms with Crippen molar-refractivity contribution in [3.63, 3.8) is 0 Å².